The van der Waals surface area contributed by atoms with Gasteiger partial charge in [-0.05, 0) is 19.8 Å². The maximum Gasteiger partial charge on any atom is 0.303 e. The fourth-order valence-corrected chi connectivity index (χ4v) is 4.49. The van der Waals surface area contributed by atoms with Gasteiger partial charge in [-0.15, -0.1) is 0 Å². The topological polar surface area (TPSA) is 83.5 Å². The van der Waals surface area contributed by atoms with Crippen molar-refractivity contribution in [3.05, 3.63) is 0 Å². The van der Waals surface area contributed by atoms with Crippen LogP contribution in [-0.2, 0) is 4.79 Å². The number of aliphatic carboxylic acids is 1. The van der Waals surface area contributed by atoms with Gasteiger partial charge in [-0.25, -0.2) is 0 Å². The lowest BCUT2D eigenvalue weighted by Crippen LogP contribution is -2.44. The van der Waals surface area contributed by atoms with Gasteiger partial charge < -0.3 is 15.9 Å². The van der Waals surface area contributed by atoms with Crippen LogP contribution >= 0.6 is 0 Å². The first-order valence-electron chi connectivity index (χ1n) is 15.0. The molecule has 206 valence electrons. The third kappa shape index (κ3) is 29.4. The number of hydrogen-bond acceptors (Lipinski definition) is 3. The highest BCUT2D eigenvalue weighted by Gasteiger charge is 2.26. The lowest BCUT2D eigenvalue weighted by atomic mass is 9.86. The van der Waals surface area contributed by atoms with Crippen molar-refractivity contribution < 1.29 is 15.0 Å². The average Bonchev–Trinajstić information content (AvgIpc) is 2.79. The lowest BCUT2D eigenvalue weighted by Gasteiger charge is -2.29. The first-order valence-corrected chi connectivity index (χ1v) is 15.0. The number of nitrogens with two attached hydrogens (primary N) is 1. The highest BCUT2D eigenvalue weighted by molar-refractivity contribution is 5.66. The normalized spacial score (nSPS) is 12.9. The van der Waals surface area contributed by atoms with Crippen LogP contribution in [0.1, 0.15) is 175 Å². The second-order valence-corrected chi connectivity index (χ2v) is 10.6. The Bertz CT molecular complexity index is 382. The van der Waals surface area contributed by atoms with Crippen LogP contribution in [0.4, 0.5) is 0 Å². The van der Waals surface area contributed by atoms with Gasteiger partial charge in [0.25, 0.3) is 0 Å². The summed E-state index contributed by atoms with van der Waals surface area (Å²) in [5, 5.41) is 18.1. The summed E-state index contributed by atoms with van der Waals surface area (Å²) in [5.41, 5.74) is 5.07. The number of unbranched alkanes of at least 4 members (excludes halogenated alkanes) is 18. The second kappa shape index (κ2) is 27.0. The summed E-state index contributed by atoms with van der Waals surface area (Å²) in [7, 11) is 0. The van der Waals surface area contributed by atoms with E-state index in [1.54, 1.807) is 6.92 Å². The van der Waals surface area contributed by atoms with E-state index in [1.807, 2.05) is 6.92 Å². The summed E-state index contributed by atoms with van der Waals surface area (Å²) in [6.45, 7) is 7.97. The molecule has 0 radical (unpaired) electrons. The minimum Gasteiger partial charge on any atom is -0.481 e. The van der Waals surface area contributed by atoms with E-state index in [1.165, 1.54) is 128 Å². The maximum absolute atomic E-state index is 10.3. The Hall–Kier alpha value is -0.610. The minimum absolute atomic E-state index is 0.222. The molecule has 0 aromatic carbocycles. The Morgan fingerprint density at radius 2 is 0.853 bits per heavy atom. The zero-order valence-electron chi connectivity index (χ0n) is 23.7. The molecule has 0 bridgehead atoms. The van der Waals surface area contributed by atoms with Crippen LogP contribution in [0, 0.1) is 5.92 Å². The van der Waals surface area contributed by atoms with E-state index in [-0.39, 0.29) is 12.3 Å². The number of rotatable bonds is 24. The Balaban J connectivity index is 0. The zero-order valence-corrected chi connectivity index (χ0v) is 23.7. The third-order valence-corrected chi connectivity index (χ3v) is 6.94. The van der Waals surface area contributed by atoms with E-state index in [4.69, 9.17) is 10.8 Å². The Kier molecular flexibility index (Phi) is 28.2. The molecule has 0 aliphatic rings. The lowest BCUT2D eigenvalue weighted by molar-refractivity contribution is -0.136. The van der Waals surface area contributed by atoms with E-state index >= 15 is 0 Å². The monoisotopic (exact) mass is 485 g/mol. The molecule has 4 N–H and O–H groups in total. The third-order valence-electron chi connectivity index (χ3n) is 6.94. The largest absolute Gasteiger partial charge is 0.481 e. The number of carboxylic acid groups (broad SMARTS) is 1. The summed E-state index contributed by atoms with van der Waals surface area (Å²) < 4.78 is 0. The van der Waals surface area contributed by atoms with Crippen molar-refractivity contribution in [2.45, 2.75) is 181 Å². The molecule has 4 heteroatoms. The fourth-order valence-electron chi connectivity index (χ4n) is 4.49. The van der Waals surface area contributed by atoms with E-state index in [0.29, 0.717) is 0 Å². The molecule has 34 heavy (non-hydrogen) atoms. The Morgan fingerprint density at radius 3 is 1.06 bits per heavy atom. The van der Waals surface area contributed by atoms with Crippen molar-refractivity contribution in [1.82, 2.24) is 0 Å². The minimum atomic E-state index is -1.00. The first-order chi connectivity index (χ1) is 16.3. The molecule has 0 fully saturated rings. The van der Waals surface area contributed by atoms with Crippen LogP contribution in [0.25, 0.3) is 0 Å². The van der Waals surface area contributed by atoms with Crippen LogP contribution in [-0.4, -0.2) is 21.9 Å². The van der Waals surface area contributed by atoms with Crippen LogP contribution in [0.15, 0.2) is 0 Å². The first kappa shape index (κ1) is 35.6. The highest BCUT2D eigenvalue weighted by Crippen LogP contribution is 2.26. The number of carboxylic acids is 1. The molecule has 0 spiro atoms. The van der Waals surface area contributed by atoms with Crippen LogP contribution in [0.5, 0.6) is 0 Å². The summed E-state index contributed by atoms with van der Waals surface area (Å²) in [4.78, 5) is 9.37. The maximum atomic E-state index is 10.3. The van der Waals surface area contributed by atoms with Crippen molar-refractivity contribution in [2.75, 3.05) is 0 Å². The highest BCUT2D eigenvalue weighted by atomic mass is 16.4. The number of aliphatic hydroxyl groups is 1. The van der Waals surface area contributed by atoms with E-state index in [0.717, 1.165) is 12.8 Å². The molecule has 1 unspecified atom stereocenters. The molecule has 0 aliphatic heterocycles. The molecule has 0 heterocycles. The van der Waals surface area contributed by atoms with Gasteiger partial charge in [0.05, 0.1) is 0 Å². The van der Waals surface area contributed by atoms with Gasteiger partial charge in [0, 0.05) is 12.3 Å². The van der Waals surface area contributed by atoms with Gasteiger partial charge in [-0.1, -0.05) is 149 Å². The van der Waals surface area contributed by atoms with E-state index < -0.39 is 11.7 Å². The summed E-state index contributed by atoms with van der Waals surface area (Å²) in [6.07, 6.45) is 29.7. The van der Waals surface area contributed by atoms with Gasteiger partial charge >= 0.3 is 5.97 Å². The van der Waals surface area contributed by atoms with Crippen molar-refractivity contribution in [3.8, 4) is 0 Å². The van der Waals surface area contributed by atoms with Gasteiger partial charge in [0.2, 0.25) is 0 Å². The van der Waals surface area contributed by atoms with Crippen molar-refractivity contribution >= 4 is 5.97 Å². The van der Waals surface area contributed by atoms with Crippen molar-refractivity contribution in [1.29, 1.82) is 0 Å². The zero-order chi connectivity index (χ0) is 25.9. The van der Waals surface area contributed by atoms with Gasteiger partial charge in [-0.2, -0.15) is 0 Å². The number of hydrogen-bond donors (Lipinski definition) is 3. The summed E-state index contributed by atoms with van der Waals surface area (Å²) in [5.74, 6) is -0.476. The van der Waals surface area contributed by atoms with E-state index in [2.05, 4.69) is 13.8 Å². The molecule has 0 amide bonds. The van der Waals surface area contributed by atoms with Crippen molar-refractivity contribution in [3.63, 3.8) is 0 Å². The molecule has 0 saturated heterocycles. The Morgan fingerprint density at radius 1 is 0.618 bits per heavy atom. The van der Waals surface area contributed by atoms with Crippen molar-refractivity contribution in [2.24, 2.45) is 11.7 Å². The molecule has 0 aliphatic carbocycles. The van der Waals surface area contributed by atoms with Gasteiger partial charge in [0.1, 0.15) is 5.72 Å². The van der Waals surface area contributed by atoms with Gasteiger partial charge in [-0.3, -0.25) is 4.79 Å². The Labute approximate surface area is 213 Å². The molecule has 0 aromatic rings. The average molecular weight is 486 g/mol. The standard InChI is InChI=1S/C27H57NO.C3H6O2/c1-4-6-8-10-12-14-16-18-20-22-24-26(27(3,28)29)25-23-21-19-17-15-13-11-9-7-5-2;1-2-3(4)5/h26,29H,4-25,28H2,1-3H3;2H2,1H3,(H,4,5). The van der Waals surface area contributed by atoms with E-state index in [9.17, 15) is 9.90 Å². The van der Waals surface area contributed by atoms with Crippen LogP contribution in [0.2, 0.25) is 0 Å². The second-order valence-electron chi connectivity index (χ2n) is 10.6. The van der Waals surface area contributed by atoms with Crippen LogP contribution < -0.4 is 5.73 Å². The molecule has 0 saturated carbocycles. The molecule has 0 aromatic heterocycles. The quantitative estimate of drug-likeness (QED) is 0.0938. The molecular formula is C30H63NO3. The molecular weight excluding hydrogens is 422 g/mol. The molecule has 4 nitrogen and oxygen atoms in total. The molecule has 1 atom stereocenters. The van der Waals surface area contributed by atoms with Crippen LogP contribution in [0.3, 0.4) is 0 Å². The fraction of sp³-hybridized carbons (Fsp3) is 0.967. The predicted octanol–water partition coefficient (Wildman–Crippen LogP) is 9.37. The molecule has 0 rings (SSSR count). The SMILES string of the molecule is CCC(=O)O.CCCCCCCCCCCCC(CCCCCCCCCCCC)C(C)(N)O. The summed E-state index contributed by atoms with van der Waals surface area (Å²) in [6, 6.07) is 0. The number of carbonyl (C=O) groups is 1. The smallest absolute Gasteiger partial charge is 0.303 e. The van der Waals surface area contributed by atoms with Gasteiger partial charge in [0.15, 0.2) is 0 Å². The summed E-state index contributed by atoms with van der Waals surface area (Å²) >= 11 is 0. The predicted molar refractivity (Wildman–Crippen MR) is 149 cm³/mol.